The molecule has 0 saturated heterocycles. The molecule has 0 bridgehead atoms. The van der Waals surface area contributed by atoms with Gasteiger partial charge >= 0.3 is 0 Å². The van der Waals surface area contributed by atoms with E-state index in [4.69, 9.17) is 0 Å². The summed E-state index contributed by atoms with van der Waals surface area (Å²) in [5.74, 6) is -0.241. The van der Waals surface area contributed by atoms with Crippen LogP contribution in [0, 0.1) is 0 Å². The molecule has 0 heterocycles. The second kappa shape index (κ2) is 6.48. The highest BCUT2D eigenvalue weighted by molar-refractivity contribution is 7.89. The van der Waals surface area contributed by atoms with Gasteiger partial charge in [-0.1, -0.05) is 60.7 Å². The number of phenolic OH excluding ortho intramolecular Hbond substituents is 1. The lowest BCUT2D eigenvalue weighted by Crippen LogP contribution is -2.28. The number of aromatic hydroxyl groups is 1. The van der Waals surface area contributed by atoms with Crippen molar-refractivity contribution in [3.05, 3.63) is 78.9 Å². The Morgan fingerprint density at radius 2 is 1.24 bits per heavy atom. The van der Waals surface area contributed by atoms with Crippen LogP contribution in [-0.4, -0.2) is 18.1 Å². The first kappa shape index (κ1) is 17.4. The minimum Gasteiger partial charge on any atom is -0.508 e. The molecule has 0 atom stereocenters. The zero-order valence-electron chi connectivity index (χ0n) is 13.0. The Bertz CT molecular complexity index is 1000. The summed E-state index contributed by atoms with van der Waals surface area (Å²) in [4.78, 5) is -0.485. The maximum atomic E-state index is 14.2. The average molecular weight is 374 g/mol. The highest BCUT2D eigenvalue weighted by atomic mass is 32.2. The van der Waals surface area contributed by atoms with E-state index in [1.54, 1.807) is 60.7 Å². The molecule has 0 aliphatic heterocycles. The van der Waals surface area contributed by atoms with Crippen molar-refractivity contribution < 1.29 is 22.6 Å². The first-order valence-electron chi connectivity index (χ1n) is 7.36. The van der Waals surface area contributed by atoms with Crippen molar-refractivity contribution in [1.29, 1.82) is 0 Å². The standard InChI is InChI=1S/C18H15O5PS/c19-14-11-12-18(25(21,22)23)17(13-14)24(20,15-7-3-1-4-8-15)16-9-5-2-6-10-16/h1-13,19H,(H,21,22,23). The summed E-state index contributed by atoms with van der Waals surface area (Å²) in [6, 6.07) is 20.1. The zero-order chi connectivity index (χ0) is 18.1. The largest absolute Gasteiger partial charge is 0.508 e. The molecule has 0 spiro atoms. The lowest BCUT2D eigenvalue weighted by molar-refractivity contribution is 0.473. The van der Waals surface area contributed by atoms with Crippen LogP contribution in [0.5, 0.6) is 5.75 Å². The molecule has 0 fully saturated rings. The van der Waals surface area contributed by atoms with E-state index >= 15 is 0 Å². The molecule has 0 radical (unpaired) electrons. The van der Waals surface area contributed by atoms with Gasteiger partial charge in [-0.3, -0.25) is 4.55 Å². The fraction of sp³-hybridized carbons (Fsp3) is 0. The van der Waals surface area contributed by atoms with Crippen LogP contribution in [0.3, 0.4) is 0 Å². The molecule has 7 heteroatoms. The summed E-state index contributed by atoms with van der Waals surface area (Å²) < 4.78 is 47.4. The van der Waals surface area contributed by atoms with Crippen LogP contribution in [0.2, 0.25) is 0 Å². The van der Waals surface area contributed by atoms with E-state index in [0.29, 0.717) is 10.6 Å². The molecule has 0 aliphatic rings. The minimum absolute atomic E-state index is 0.132. The maximum absolute atomic E-state index is 14.2. The van der Waals surface area contributed by atoms with Gasteiger partial charge in [-0.15, -0.1) is 0 Å². The van der Waals surface area contributed by atoms with Crippen molar-refractivity contribution in [1.82, 2.24) is 0 Å². The second-order valence-corrected chi connectivity index (χ2v) is 9.53. The average Bonchev–Trinajstić information content (AvgIpc) is 2.61. The van der Waals surface area contributed by atoms with Crippen molar-refractivity contribution in [2.24, 2.45) is 0 Å². The van der Waals surface area contributed by atoms with E-state index in [0.717, 1.165) is 18.2 Å². The number of rotatable bonds is 4. The second-order valence-electron chi connectivity index (χ2n) is 5.41. The number of benzene rings is 3. The predicted molar refractivity (Wildman–Crippen MR) is 97.3 cm³/mol. The maximum Gasteiger partial charge on any atom is 0.295 e. The lowest BCUT2D eigenvalue weighted by atomic mass is 10.3. The summed E-state index contributed by atoms with van der Waals surface area (Å²) in [7, 11) is -8.27. The van der Waals surface area contributed by atoms with Gasteiger partial charge in [0.25, 0.3) is 10.1 Å². The summed E-state index contributed by atoms with van der Waals surface area (Å²) >= 11 is 0. The van der Waals surface area contributed by atoms with Gasteiger partial charge in [0.15, 0.2) is 7.14 Å². The number of hydrogen-bond donors (Lipinski definition) is 2. The van der Waals surface area contributed by atoms with Crippen LogP contribution in [0.4, 0.5) is 0 Å². The van der Waals surface area contributed by atoms with Gasteiger partial charge in [0.2, 0.25) is 0 Å². The SMILES string of the molecule is O=P(c1ccccc1)(c1ccccc1)c1cc(O)ccc1S(=O)(=O)O. The molecule has 2 N–H and O–H groups in total. The first-order chi connectivity index (χ1) is 11.8. The Kier molecular flexibility index (Phi) is 4.52. The Morgan fingerprint density at radius 3 is 1.68 bits per heavy atom. The van der Waals surface area contributed by atoms with Gasteiger partial charge in [-0.25, -0.2) is 0 Å². The third-order valence-corrected chi connectivity index (χ3v) is 7.96. The molecule has 0 amide bonds. The van der Waals surface area contributed by atoms with Crippen LogP contribution in [0.25, 0.3) is 0 Å². The van der Waals surface area contributed by atoms with Gasteiger partial charge in [0, 0.05) is 15.9 Å². The first-order valence-corrected chi connectivity index (χ1v) is 10.5. The van der Waals surface area contributed by atoms with E-state index in [1.165, 1.54) is 0 Å². The van der Waals surface area contributed by atoms with Gasteiger partial charge in [0.1, 0.15) is 10.6 Å². The van der Waals surface area contributed by atoms with E-state index in [-0.39, 0.29) is 11.1 Å². The molecule has 0 saturated carbocycles. The van der Waals surface area contributed by atoms with Crippen LogP contribution >= 0.6 is 7.14 Å². The fourth-order valence-corrected chi connectivity index (χ4v) is 6.71. The van der Waals surface area contributed by atoms with Crippen molar-refractivity contribution in [3.63, 3.8) is 0 Å². The third-order valence-electron chi connectivity index (χ3n) is 3.80. The number of hydrogen-bond acceptors (Lipinski definition) is 4. The minimum atomic E-state index is -4.63. The van der Waals surface area contributed by atoms with Crippen molar-refractivity contribution in [3.8, 4) is 5.75 Å². The Labute approximate surface area is 145 Å². The van der Waals surface area contributed by atoms with Crippen molar-refractivity contribution >= 4 is 33.2 Å². The van der Waals surface area contributed by atoms with E-state index in [2.05, 4.69) is 0 Å². The normalized spacial score (nSPS) is 12.0. The van der Waals surface area contributed by atoms with Crippen LogP contribution in [0.1, 0.15) is 0 Å². The Morgan fingerprint density at radius 1 is 0.760 bits per heavy atom. The lowest BCUT2D eigenvalue weighted by Gasteiger charge is -2.22. The van der Waals surface area contributed by atoms with E-state index in [9.17, 15) is 22.6 Å². The predicted octanol–water partition coefficient (Wildman–Crippen LogP) is 2.28. The summed E-state index contributed by atoms with van der Waals surface area (Å²) in [6.45, 7) is 0. The molecular weight excluding hydrogens is 359 g/mol. The van der Waals surface area contributed by atoms with Crippen molar-refractivity contribution in [2.75, 3.05) is 0 Å². The smallest absolute Gasteiger partial charge is 0.295 e. The van der Waals surface area contributed by atoms with Crippen LogP contribution in [0.15, 0.2) is 83.8 Å². The van der Waals surface area contributed by atoms with E-state index in [1.807, 2.05) is 0 Å². The number of phenols is 1. The molecule has 25 heavy (non-hydrogen) atoms. The zero-order valence-corrected chi connectivity index (χ0v) is 14.7. The van der Waals surface area contributed by atoms with Gasteiger partial charge in [-0.2, -0.15) is 8.42 Å². The van der Waals surface area contributed by atoms with Crippen LogP contribution < -0.4 is 15.9 Å². The van der Waals surface area contributed by atoms with Gasteiger partial charge in [-0.05, 0) is 18.2 Å². The quantitative estimate of drug-likeness (QED) is 0.540. The molecule has 5 nitrogen and oxygen atoms in total. The Hall–Kier alpha value is -2.40. The monoisotopic (exact) mass is 374 g/mol. The van der Waals surface area contributed by atoms with Gasteiger partial charge in [0.05, 0.1) is 0 Å². The highest BCUT2D eigenvalue weighted by Gasteiger charge is 2.35. The van der Waals surface area contributed by atoms with Crippen molar-refractivity contribution in [2.45, 2.75) is 4.90 Å². The molecule has 128 valence electrons. The molecule has 3 aromatic rings. The molecule has 3 rings (SSSR count). The molecule has 0 aliphatic carbocycles. The molecule has 3 aromatic carbocycles. The highest BCUT2D eigenvalue weighted by Crippen LogP contribution is 2.44. The van der Waals surface area contributed by atoms with E-state index < -0.39 is 22.2 Å². The van der Waals surface area contributed by atoms with Gasteiger partial charge < -0.3 is 9.67 Å². The third kappa shape index (κ3) is 3.24. The molecule has 0 aromatic heterocycles. The molecule has 0 unspecified atom stereocenters. The Balaban J connectivity index is 2.44. The summed E-state index contributed by atoms with van der Waals surface area (Å²) in [5, 5.41) is 10.5. The summed E-state index contributed by atoms with van der Waals surface area (Å²) in [6.07, 6.45) is 0. The fourth-order valence-electron chi connectivity index (χ4n) is 2.67. The molecular formula is C18H15O5PS. The van der Waals surface area contributed by atoms with Crippen LogP contribution in [-0.2, 0) is 14.7 Å². The summed E-state index contributed by atoms with van der Waals surface area (Å²) in [5.41, 5.74) is 0. The topological polar surface area (TPSA) is 91.7 Å².